The lowest BCUT2D eigenvalue weighted by atomic mass is 9.95. The van der Waals surface area contributed by atoms with Gasteiger partial charge in [-0.1, -0.05) is 13.8 Å². The molecule has 0 aliphatic carbocycles. The molecule has 1 N–H and O–H groups in total. The SMILES string of the molecule is COCCn1c(O)c(C(=O)C(C)C)c(C)c(C#N)c1=O. The summed E-state index contributed by atoms with van der Waals surface area (Å²) in [5, 5.41) is 19.3. The van der Waals surface area contributed by atoms with Crippen molar-refractivity contribution in [2.24, 2.45) is 5.92 Å². The molecule has 0 radical (unpaired) electrons. The van der Waals surface area contributed by atoms with Crippen LogP contribution in [0.25, 0.3) is 0 Å². The number of carbonyl (C=O) groups excluding carboxylic acids is 1. The molecule has 20 heavy (non-hydrogen) atoms. The normalized spacial score (nSPS) is 10.6. The van der Waals surface area contributed by atoms with Crippen LogP contribution in [0.4, 0.5) is 0 Å². The minimum atomic E-state index is -0.611. The number of methoxy groups -OCH3 is 1. The first-order valence-corrected chi connectivity index (χ1v) is 6.26. The molecule has 1 heterocycles. The molecular weight excluding hydrogens is 260 g/mol. The van der Waals surface area contributed by atoms with Gasteiger partial charge in [-0.2, -0.15) is 5.26 Å². The van der Waals surface area contributed by atoms with Crippen LogP contribution in [0.2, 0.25) is 0 Å². The van der Waals surface area contributed by atoms with Crippen LogP contribution in [0.5, 0.6) is 5.88 Å². The summed E-state index contributed by atoms with van der Waals surface area (Å²) >= 11 is 0. The fourth-order valence-electron chi connectivity index (χ4n) is 1.92. The molecule has 0 unspecified atom stereocenters. The third-order valence-electron chi connectivity index (χ3n) is 3.09. The molecule has 0 saturated carbocycles. The Hall–Kier alpha value is -2.13. The third-order valence-corrected chi connectivity index (χ3v) is 3.09. The van der Waals surface area contributed by atoms with Crippen molar-refractivity contribution in [1.82, 2.24) is 4.57 Å². The number of Topliss-reactive ketones (excluding diaryl/α,β-unsaturated/α-hetero) is 1. The molecular formula is C14H18N2O4. The van der Waals surface area contributed by atoms with Crippen molar-refractivity contribution in [1.29, 1.82) is 5.26 Å². The van der Waals surface area contributed by atoms with Crippen molar-refractivity contribution in [3.05, 3.63) is 27.0 Å². The fraction of sp³-hybridized carbons (Fsp3) is 0.500. The Kier molecular flexibility index (Phi) is 5.06. The molecule has 1 aromatic heterocycles. The summed E-state index contributed by atoms with van der Waals surface area (Å²) in [7, 11) is 1.46. The predicted octanol–water partition coefficient (Wildman–Crippen LogP) is 1.22. The van der Waals surface area contributed by atoms with E-state index in [-0.39, 0.29) is 41.5 Å². The summed E-state index contributed by atoms with van der Waals surface area (Å²) in [5.74, 6) is -1.05. The molecule has 1 aromatic rings. The van der Waals surface area contributed by atoms with E-state index in [1.807, 2.05) is 0 Å². The zero-order valence-corrected chi connectivity index (χ0v) is 12.1. The number of hydrogen-bond acceptors (Lipinski definition) is 5. The number of hydrogen-bond donors (Lipinski definition) is 1. The Balaban J connectivity index is 3.64. The van der Waals surface area contributed by atoms with Crippen molar-refractivity contribution in [3.63, 3.8) is 0 Å². The van der Waals surface area contributed by atoms with E-state index in [2.05, 4.69) is 0 Å². The molecule has 6 nitrogen and oxygen atoms in total. The van der Waals surface area contributed by atoms with Gasteiger partial charge in [0.25, 0.3) is 5.56 Å². The summed E-state index contributed by atoms with van der Waals surface area (Å²) < 4.78 is 5.87. The number of carbonyl (C=O) groups is 1. The van der Waals surface area contributed by atoms with Gasteiger partial charge in [0.1, 0.15) is 11.6 Å². The topological polar surface area (TPSA) is 92.3 Å². The van der Waals surface area contributed by atoms with Gasteiger partial charge in [0.05, 0.1) is 18.7 Å². The van der Waals surface area contributed by atoms with Crippen molar-refractivity contribution in [3.8, 4) is 11.9 Å². The summed E-state index contributed by atoms with van der Waals surface area (Å²) in [6.07, 6.45) is 0. The van der Waals surface area contributed by atoms with E-state index in [9.17, 15) is 14.7 Å². The molecule has 0 fully saturated rings. The van der Waals surface area contributed by atoms with Crippen LogP contribution in [0.1, 0.15) is 35.3 Å². The van der Waals surface area contributed by atoms with Gasteiger partial charge in [-0.05, 0) is 12.5 Å². The number of ketones is 1. The fourth-order valence-corrected chi connectivity index (χ4v) is 1.92. The second kappa shape index (κ2) is 6.35. The number of nitrogens with zero attached hydrogens (tertiary/aromatic N) is 2. The maximum absolute atomic E-state index is 12.2. The first-order chi connectivity index (χ1) is 9.36. The molecule has 0 atom stereocenters. The zero-order chi connectivity index (χ0) is 15.4. The van der Waals surface area contributed by atoms with Gasteiger partial charge < -0.3 is 9.84 Å². The van der Waals surface area contributed by atoms with Gasteiger partial charge in [-0.15, -0.1) is 0 Å². The van der Waals surface area contributed by atoms with Crippen molar-refractivity contribution >= 4 is 5.78 Å². The van der Waals surface area contributed by atoms with Gasteiger partial charge in [-0.25, -0.2) is 0 Å². The predicted molar refractivity (Wildman–Crippen MR) is 72.9 cm³/mol. The molecule has 0 aliphatic heterocycles. The van der Waals surface area contributed by atoms with E-state index < -0.39 is 11.4 Å². The monoisotopic (exact) mass is 278 g/mol. The number of aromatic nitrogens is 1. The molecule has 0 aliphatic rings. The van der Waals surface area contributed by atoms with Crippen LogP contribution in [0.15, 0.2) is 4.79 Å². The Morgan fingerprint density at radius 3 is 2.55 bits per heavy atom. The lowest BCUT2D eigenvalue weighted by Crippen LogP contribution is -2.28. The second-order valence-electron chi connectivity index (χ2n) is 4.78. The molecule has 6 heteroatoms. The highest BCUT2D eigenvalue weighted by Gasteiger charge is 2.25. The van der Waals surface area contributed by atoms with Gasteiger partial charge >= 0.3 is 0 Å². The maximum atomic E-state index is 12.2. The lowest BCUT2D eigenvalue weighted by molar-refractivity contribution is 0.0933. The Labute approximate surface area is 117 Å². The summed E-state index contributed by atoms with van der Waals surface area (Å²) in [5.41, 5.74) is -0.475. The number of nitriles is 1. The van der Waals surface area contributed by atoms with Gasteiger partial charge in [0, 0.05) is 13.0 Å². The van der Waals surface area contributed by atoms with E-state index in [4.69, 9.17) is 10.00 Å². The number of ether oxygens (including phenoxy) is 1. The highest BCUT2D eigenvalue weighted by atomic mass is 16.5. The van der Waals surface area contributed by atoms with Crippen LogP contribution >= 0.6 is 0 Å². The highest BCUT2D eigenvalue weighted by Crippen LogP contribution is 2.24. The van der Waals surface area contributed by atoms with Crippen LogP contribution in [-0.4, -0.2) is 29.2 Å². The van der Waals surface area contributed by atoms with Gasteiger partial charge in [-0.3, -0.25) is 14.2 Å². The number of pyridine rings is 1. The Morgan fingerprint density at radius 2 is 2.10 bits per heavy atom. The van der Waals surface area contributed by atoms with Crippen molar-refractivity contribution < 1.29 is 14.6 Å². The summed E-state index contributed by atoms with van der Waals surface area (Å²) in [4.78, 5) is 24.3. The first kappa shape index (κ1) is 15.9. The molecule has 108 valence electrons. The number of rotatable bonds is 5. The van der Waals surface area contributed by atoms with Gasteiger partial charge in [0.2, 0.25) is 5.88 Å². The lowest BCUT2D eigenvalue weighted by Gasteiger charge is -2.16. The second-order valence-corrected chi connectivity index (χ2v) is 4.78. The minimum absolute atomic E-state index is 0.0345. The molecule has 1 rings (SSSR count). The van der Waals surface area contributed by atoms with E-state index >= 15 is 0 Å². The highest BCUT2D eigenvalue weighted by molar-refractivity contribution is 6.01. The van der Waals surface area contributed by atoms with Crippen LogP contribution in [-0.2, 0) is 11.3 Å². The van der Waals surface area contributed by atoms with E-state index in [1.165, 1.54) is 14.0 Å². The largest absolute Gasteiger partial charge is 0.494 e. The van der Waals surface area contributed by atoms with Crippen molar-refractivity contribution in [2.45, 2.75) is 27.3 Å². The average molecular weight is 278 g/mol. The standard InChI is InChI=1S/C14H18N2O4/c1-8(2)12(17)11-9(3)10(7-15)13(18)16(14(11)19)5-6-20-4/h8,19H,5-6H2,1-4H3. The molecule has 0 spiro atoms. The zero-order valence-electron chi connectivity index (χ0n) is 12.1. The molecule has 0 saturated heterocycles. The Morgan fingerprint density at radius 1 is 1.50 bits per heavy atom. The summed E-state index contributed by atoms with van der Waals surface area (Å²) in [6.45, 7) is 5.15. The smallest absolute Gasteiger partial charge is 0.271 e. The third kappa shape index (κ3) is 2.73. The van der Waals surface area contributed by atoms with Crippen LogP contribution in [0, 0.1) is 24.2 Å². The summed E-state index contributed by atoms with van der Waals surface area (Å²) in [6, 6.07) is 1.80. The molecule has 0 aromatic carbocycles. The van der Waals surface area contributed by atoms with E-state index in [1.54, 1.807) is 19.9 Å². The number of aromatic hydroxyl groups is 1. The first-order valence-electron chi connectivity index (χ1n) is 6.26. The molecule has 0 amide bonds. The van der Waals surface area contributed by atoms with Crippen LogP contribution in [0.3, 0.4) is 0 Å². The van der Waals surface area contributed by atoms with Crippen molar-refractivity contribution in [2.75, 3.05) is 13.7 Å². The minimum Gasteiger partial charge on any atom is -0.494 e. The Bertz CT molecular complexity index is 624. The molecule has 0 bridgehead atoms. The van der Waals surface area contributed by atoms with Crippen LogP contribution < -0.4 is 5.56 Å². The van der Waals surface area contributed by atoms with E-state index in [0.717, 1.165) is 4.57 Å². The van der Waals surface area contributed by atoms with Gasteiger partial charge in [0.15, 0.2) is 5.78 Å². The maximum Gasteiger partial charge on any atom is 0.271 e. The average Bonchev–Trinajstić information content (AvgIpc) is 2.38. The van der Waals surface area contributed by atoms with E-state index in [0.29, 0.717) is 0 Å². The quantitative estimate of drug-likeness (QED) is 0.817.